The van der Waals surface area contributed by atoms with Gasteiger partial charge < -0.3 is 0 Å². The number of aromatic nitrogens is 1. The Balaban J connectivity index is 2.31. The summed E-state index contributed by atoms with van der Waals surface area (Å²) in [6.45, 7) is 0. The van der Waals surface area contributed by atoms with Gasteiger partial charge in [-0.15, -0.1) is 11.3 Å². The molecule has 2 rings (SSSR count). The van der Waals surface area contributed by atoms with Gasteiger partial charge in [-0.05, 0) is 0 Å². The van der Waals surface area contributed by atoms with E-state index >= 15 is 0 Å². The zero-order valence-electron chi connectivity index (χ0n) is 7.15. The van der Waals surface area contributed by atoms with Crippen LogP contribution in [0.15, 0.2) is 35.8 Å². The van der Waals surface area contributed by atoms with E-state index < -0.39 is 6.43 Å². The first-order chi connectivity index (χ1) is 6.77. The molecule has 0 saturated heterocycles. The first-order valence-corrected chi connectivity index (χ1v) is 4.93. The summed E-state index contributed by atoms with van der Waals surface area (Å²) >= 11 is 1.49. The van der Waals surface area contributed by atoms with E-state index in [0.29, 0.717) is 0 Å². The Morgan fingerprint density at radius 1 is 1.14 bits per heavy atom. The monoisotopic (exact) mass is 211 g/mol. The molecule has 72 valence electrons. The fourth-order valence-corrected chi connectivity index (χ4v) is 1.78. The fraction of sp³-hybridized carbons (Fsp3) is 0.100. The predicted molar refractivity (Wildman–Crippen MR) is 52.5 cm³/mol. The first kappa shape index (κ1) is 9.27. The van der Waals surface area contributed by atoms with Crippen molar-refractivity contribution in [2.45, 2.75) is 6.43 Å². The molecule has 14 heavy (non-hydrogen) atoms. The molecule has 0 aliphatic carbocycles. The summed E-state index contributed by atoms with van der Waals surface area (Å²) in [6, 6.07) is 6.20. The van der Waals surface area contributed by atoms with Crippen molar-refractivity contribution in [3.8, 4) is 10.6 Å². The highest BCUT2D eigenvalue weighted by atomic mass is 32.1. The van der Waals surface area contributed by atoms with Crippen molar-refractivity contribution in [3.63, 3.8) is 0 Å². The highest BCUT2D eigenvalue weighted by Crippen LogP contribution is 2.25. The van der Waals surface area contributed by atoms with Gasteiger partial charge in [-0.3, -0.25) is 0 Å². The van der Waals surface area contributed by atoms with Gasteiger partial charge >= 0.3 is 0 Å². The van der Waals surface area contributed by atoms with Crippen LogP contribution in [0.3, 0.4) is 0 Å². The molecule has 0 N–H and O–H groups in total. The minimum atomic E-state index is -2.40. The number of nitrogens with zero attached hydrogens (tertiary/aromatic N) is 1. The summed E-state index contributed by atoms with van der Waals surface area (Å²) < 4.78 is 24.5. The molecule has 0 fully saturated rings. The van der Waals surface area contributed by atoms with Gasteiger partial charge in [-0.25, -0.2) is 13.8 Å². The van der Waals surface area contributed by atoms with Gasteiger partial charge in [-0.2, -0.15) is 0 Å². The number of hydrogen-bond acceptors (Lipinski definition) is 2. The average Bonchev–Trinajstić information content (AvgIpc) is 2.71. The van der Waals surface area contributed by atoms with Gasteiger partial charge in [0.25, 0.3) is 6.43 Å². The molecule has 0 spiro atoms. The fourth-order valence-electron chi connectivity index (χ4n) is 1.14. The maximum absolute atomic E-state index is 12.2. The third-order valence-electron chi connectivity index (χ3n) is 1.84. The van der Waals surface area contributed by atoms with Crippen molar-refractivity contribution in [2.75, 3.05) is 0 Å². The zero-order valence-corrected chi connectivity index (χ0v) is 7.97. The molecule has 0 atom stereocenters. The van der Waals surface area contributed by atoms with Crippen LogP contribution >= 0.6 is 11.3 Å². The summed E-state index contributed by atoms with van der Waals surface area (Å²) in [5.74, 6) is 0. The van der Waals surface area contributed by atoms with Crippen LogP contribution in [0.5, 0.6) is 0 Å². The van der Waals surface area contributed by atoms with Crippen molar-refractivity contribution in [2.24, 2.45) is 0 Å². The van der Waals surface area contributed by atoms with E-state index in [9.17, 15) is 8.78 Å². The number of benzene rings is 1. The quantitative estimate of drug-likeness (QED) is 0.737. The zero-order chi connectivity index (χ0) is 9.97. The van der Waals surface area contributed by atoms with Crippen LogP contribution in [0.1, 0.15) is 12.0 Å². The van der Waals surface area contributed by atoms with Crippen LogP contribution in [0.25, 0.3) is 10.6 Å². The maximum Gasteiger partial charge on any atom is 0.263 e. The second kappa shape index (κ2) is 3.84. The second-order valence-electron chi connectivity index (χ2n) is 2.76. The molecule has 1 nitrogen and oxygen atoms in total. The molecule has 1 aromatic carbocycles. The lowest BCUT2D eigenvalue weighted by molar-refractivity contribution is 0.151. The molecule has 0 amide bonds. The summed E-state index contributed by atoms with van der Waals surface area (Å²) in [5.41, 5.74) is 0.926. The van der Waals surface area contributed by atoms with Crippen LogP contribution in [0.4, 0.5) is 8.78 Å². The Morgan fingerprint density at radius 2 is 1.86 bits per heavy atom. The Morgan fingerprint density at radius 3 is 2.36 bits per heavy atom. The molecule has 0 aliphatic rings. The molecule has 1 aromatic heterocycles. The number of rotatable bonds is 2. The lowest BCUT2D eigenvalue weighted by Gasteiger charge is -2.00. The lowest BCUT2D eigenvalue weighted by Crippen LogP contribution is -1.83. The summed E-state index contributed by atoms with van der Waals surface area (Å²) in [6.07, 6.45) is -0.707. The van der Waals surface area contributed by atoms with Crippen LogP contribution in [0, 0.1) is 0 Å². The predicted octanol–water partition coefficient (Wildman–Crippen LogP) is 3.75. The van der Waals surface area contributed by atoms with Gasteiger partial charge in [0.2, 0.25) is 0 Å². The third kappa shape index (κ3) is 1.80. The molecule has 0 radical (unpaired) electrons. The highest BCUT2D eigenvalue weighted by molar-refractivity contribution is 7.13. The summed E-state index contributed by atoms with van der Waals surface area (Å²) in [7, 11) is 0. The molecule has 0 bridgehead atoms. The van der Waals surface area contributed by atoms with Crippen LogP contribution in [-0.4, -0.2) is 4.98 Å². The molecular formula is C10H7F2NS. The van der Waals surface area contributed by atoms with E-state index in [0.717, 1.165) is 10.6 Å². The Hall–Kier alpha value is -1.29. The Bertz CT molecular complexity index is 395. The van der Waals surface area contributed by atoms with Gasteiger partial charge in [0.1, 0.15) is 5.01 Å². The van der Waals surface area contributed by atoms with Crippen molar-refractivity contribution in [1.29, 1.82) is 0 Å². The van der Waals surface area contributed by atoms with E-state index in [4.69, 9.17) is 0 Å². The van der Waals surface area contributed by atoms with E-state index in [1.165, 1.54) is 23.5 Å². The summed E-state index contributed by atoms with van der Waals surface area (Å²) in [5, 5.41) is 2.71. The van der Waals surface area contributed by atoms with E-state index in [1.807, 2.05) is 5.38 Å². The number of thiazole rings is 1. The molecular weight excluding hydrogens is 204 g/mol. The standard InChI is InChI=1S/C10H7F2NS/c11-9(12)7-1-3-8(4-2-7)10-13-5-6-14-10/h1-6,9H. The molecule has 0 unspecified atom stereocenters. The Kier molecular flexibility index (Phi) is 2.54. The average molecular weight is 211 g/mol. The maximum atomic E-state index is 12.2. The molecule has 0 aliphatic heterocycles. The van der Waals surface area contributed by atoms with Gasteiger partial charge in [0.15, 0.2) is 0 Å². The lowest BCUT2D eigenvalue weighted by atomic mass is 10.1. The number of alkyl halides is 2. The second-order valence-corrected chi connectivity index (χ2v) is 3.65. The minimum absolute atomic E-state index is 0.0466. The number of hydrogen-bond donors (Lipinski definition) is 0. The minimum Gasteiger partial charge on any atom is -0.245 e. The molecule has 0 saturated carbocycles. The molecule has 2 aromatic rings. The third-order valence-corrected chi connectivity index (χ3v) is 2.66. The van der Waals surface area contributed by atoms with Crippen molar-refractivity contribution >= 4 is 11.3 Å². The van der Waals surface area contributed by atoms with Gasteiger partial charge in [0, 0.05) is 22.7 Å². The molecule has 1 heterocycles. The van der Waals surface area contributed by atoms with Crippen molar-refractivity contribution in [3.05, 3.63) is 41.4 Å². The van der Waals surface area contributed by atoms with E-state index in [2.05, 4.69) is 4.98 Å². The van der Waals surface area contributed by atoms with Gasteiger partial charge in [0.05, 0.1) is 0 Å². The summed E-state index contributed by atoms with van der Waals surface area (Å²) in [4.78, 5) is 4.09. The van der Waals surface area contributed by atoms with Crippen molar-refractivity contribution < 1.29 is 8.78 Å². The van der Waals surface area contributed by atoms with E-state index in [1.54, 1.807) is 18.3 Å². The SMILES string of the molecule is FC(F)c1ccc(-c2nccs2)cc1. The van der Waals surface area contributed by atoms with Crippen LogP contribution < -0.4 is 0 Å². The number of halogens is 2. The largest absolute Gasteiger partial charge is 0.263 e. The smallest absolute Gasteiger partial charge is 0.245 e. The van der Waals surface area contributed by atoms with E-state index in [-0.39, 0.29) is 5.56 Å². The normalized spacial score (nSPS) is 10.8. The van der Waals surface area contributed by atoms with Crippen molar-refractivity contribution in [1.82, 2.24) is 4.98 Å². The van der Waals surface area contributed by atoms with Crippen LogP contribution in [0.2, 0.25) is 0 Å². The molecule has 4 heteroatoms. The topological polar surface area (TPSA) is 12.9 Å². The van der Waals surface area contributed by atoms with Crippen LogP contribution in [-0.2, 0) is 0 Å². The highest BCUT2D eigenvalue weighted by Gasteiger charge is 2.06. The first-order valence-electron chi connectivity index (χ1n) is 4.05. The van der Waals surface area contributed by atoms with Gasteiger partial charge in [-0.1, -0.05) is 24.3 Å². The Labute approximate surface area is 84.0 Å².